The molecule has 0 aromatic rings. The van der Waals surface area contributed by atoms with Crippen LogP contribution in [0.2, 0.25) is 0 Å². The highest BCUT2D eigenvalue weighted by Crippen LogP contribution is 2.40. The summed E-state index contributed by atoms with van der Waals surface area (Å²) in [5.41, 5.74) is 0. The molecule has 0 aromatic heterocycles. The predicted octanol–water partition coefficient (Wildman–Crippen LogP) is 5.22. The molecule has 31 heavy (non-hydrogen) atoms. The number of carbonyl (C=O) groups is 1. The highest BCUT2D eigenvalue weighted by molar-refractivity contribution is 7.45. The van der Waals surface area contributed by atoms with Crippen LogP contribution in [-0.2, 0) is 23.1 Å². The molecular weight excluding hydrogens is 417 g/mol. The van der Waals surface area contributed by atoms with Gasteiger partial charge >= 0.3 is 5.97 Å². The van der Waals surface area contributed by atoms with E-state index >= 15 is 0 Å². The maximum absolute atomic E-state index is 12.1. The molecular formula is C23H48NO6P. The van der Waals surface area contributed by atoms with E-state index in [0.29, 0.717) is 17.4 Å². The predicted molar refractivity (Wildman–Crippen MR) is 124 cm³/mol. The highest BCUT2D eigenvalue weighted by atomic mass is 31.2. The van der Waals surface area contributed by atoms with Crippen LogP contribution in [-0.4, -0.2) is 57.5 Å². The molecule has 0 aliphatic carbocycles. The molecule has 0 radical (unpaired) electrons. The average Bonchev–Trinajstić information content (AvgIpc) is 2.65. The average molecular weight is 466 g/mol. The number of nitrogens with zero attached hydrogens (tertiary/aromatic N) is 1. The van der Waals surface area contributed by atoms with Crippen molar-refractivity contribution in [2.75, 3.05) is 40.9 Å². The third-order valence-corrected chi connectivity index (χ3v) is 6.20. The maximum Gasteiger partial charge on any atom is 0.302 e. The van der Waals surface area contributed by atoms with Crippen molar-refractivity contribution < 1.29 is 32.5 Å². The van der Waals surface area contributed by atoms with Gasteiger partial charge in [-0.25, -0.2) is 0 Å². The smallest absolute Gasteiger partial charge is 0.302 e. The van der Waals surface area contributed by atoms with Crippen LogP contribution in [0.5, 0.6) is 0 Å². The number of hydrogen-bond acceptors (Lipinski definition) is 6. The van der Waals surface area contributed by atoms with Gasteiger partial charge in [0.05, 0.1) is 21.1 Å². The first kappa shape index (κ1) is 30.5. The van der Waals surface area contributed by atoms with Crippen molar-refractivity contribution in [2.45, 2.75) is 103 Å². The minimum absolute atomic E-state index is 0.0587. The molecule has 0 spiro atoms. The molecule has 0 aromatic carbocycles. The summed E-state index contributed by atoms with van der Waals surface area (Å²) in [7, 11) is 1.44. The van der Waals surface area contributed by atoms with Crippen LogP contribution in [0.25, 0.3) is 0 Å². The van der Waals surface area contributed by atoms with Gasteiger partial charge in [0, 0.05) is 6.92 Å². The minimum atomic E-state index is -4.43. The Bertz CT molecular complexity index is 495. The number of rotatable bonds is 21. The number of likely N-dealkylation sites (N-methyl/N-ethyl adjacent to an activating group) is 1. The van der Waals surface area contributed by atoms with E-state index in [0.717, 1.165) is 19.3 Å². The van der Waals surface area contributed by atoms with Crippen LogP contribution in [0.1, 0.15) is 97.3 Å². The monoisotopic (exact) mass is 465 g/mol. The standard InChI is InChI=1S/C23H48NO6P/c1-6-7-8-9-10-11-12-13-14-15-16-17-18-23(21-28-22(2)25)30-31(26,27)29-20-19-24(3,4)5/h23H,6-21H2,1-5H3. The van der Waals surface area contributed by atoms with Gasteiger partial charge in [0.25, 0.3) is 7.82 Å². The quantitative estimate of drug-likeness (QED) is 0.100. The Hall–Kier alpha value is -0.460. The first-order valence-electron chi connectivity index (χ1n) is 12.1. The Morgan fingerprint density at radius 3 is 1.84 bits per heavy atom. The summed E-state index contributed by atoms with van der Waals surface area (Å²) in [5, 5.41) is 0. The molecule has 2 atom stereocenters. The van der Waals surface area contributed by atoms with Crippen LogP contribution in [0.4, 0.5) is 0 Å². The summed E-state index contributed by atoms with van der Waals surface area (Å²) in [6, 6.07) is 0. The van der Waals surface area contributed by atoms with Gasteiger partial charge in [-0.05, 0) is 6.42 Å². The molecule has 0 fully saturated rings. The second-order valence-electron chi connectivity index (χ2n) is 9.50. The van der Waals surface area contributed by atoms with Crippen molar-refractivity contribution in [1.29, 1.82) is 0 Å². The lowest BCUT2D eigenvalue weighted by Gasteiger charge is -2.30. The summed E-state index contributed by atoms with van der Waals surface area (Å²) >= 11 is 0. The number of hydrogen-bond donors (Lipinski definition) is 0. The van der Waals surface area contributed by atoms with Gasteiger partial charge in [-0.3, -0.25) is 9.36 Å². The van der Waals surface area contributed by atoms with Crippen LogP contribution >= 0.6 is 7.82 Å². The Labute approximate surface area is 191 Å². The number of ether oxygens (including phenoxy) is 1. The van der Waals surface area contributed by atoms with E-state index in [1.807, 2.05) is 21.1 Å². The van der Waals surface area contributed by atoms with E-state index in [-0.39, 0.29) is 13.2 Å². The van der Waals surface area contributed by atoms with Crippen molar-refractivity contribution in [3.8, 4) is 0 Å². The second-order valence-corrected chi connectivity index (χ2v) is 10.9. The molecule has 8 heteroatoms. The Kier molecular flexibility index (Phi) is 17.8. The molecule has 2 unspecified atom stereocenters. The lowest BCUT2D eigenvalue weighted by atomic mass is 10.0. The molecule has 0 aliphatic heterocycles. The van der Waals surface area contributed by atoms with E-state index in [1.54, 1.807) is 0 Å². The summed E-state index contributed by atoms with van der Waals surface area (Å²) in [5.74, 6) is -0.449. The molecule has 0 amide bonds. The number of phosphoric ester groups is 1. The van der Waals surface area contributed by atoms with Gasteiger partial charge in [0.15, 0.2) is 0 Å². The van der Waals surface area contributed by atoms with Crippen LogP contribution < -0.4 is 4.89 Å². The molecule has 0 saturated heterocycles. The third kappa shape index (κ3) is 22.5. The Morgan fingerprint density at radius 2 is 1.39 bits per heavy atom. The molecule has 0 heterocycles. The van der Waals surface area contributed by atoms with Crippen molar-refractivity contribution in [3.63, 3.8) is 0 Å². The zero-order valence-electron chi connectivity index (χ0n) is 20.7. The zero-order chi connectivity index (χ0) is 23.6. The van der Waals surface area contributed by atoms with Gasteiger partial charge in [-0.2, -0.15) is 0 Å². The van der Waals surface area contributed by atoms with E-state index in [9.17, 15) is 14.3 Å². The van der Waals surface area contributed by atoms with Crippen molar-refractivity contribution >= 4 is 13.8 Å². The second kappa shape index (κ2) is 18.0. The molecule has 186 valence electrons. The van der Waals surface area contributed by atoms with Gasteiger partial charge < -0.3 is 23.2 Å². The number of esters is 1. The van der Waals surface area contributed by atoms with Gasteiger partial charge in [0.2, 0.25) is 0 Å². The summed E-state index contributed by atoms with van der Waals surface area (Å²) in [6.45, 7) is 4.07. The Balaban J connectivity index is 4.04. The fourth-order valence-corrected chi connectivity index (χ4v) is 4.13. The number of quaternary nitrogens is 1. The summed E-state index contributed by atoms with van der Waals surface area (Å²) in [6.07, 6.45) is 14.6. The van der Waals surface area contributed by atoms with E-state index in [2.05, 4.69) is 6.92 Å². The number of unbranched alkanes of at least 4 members (excludes halogenated alkanes) is 11. The van der Waals surface area contributed by atoms with Gasteiger partial charge in [-0.1, -0.05) is 84.0 Å². The third-order valence-electron chi connectivity index (χ3n) is 5.14. The van der Waals surface area contributed by atoms with Gasteiger partial charge in [0.1, 0.15) is 25.9 Å². The number of carbonyl (C=O) groups excluding carboxylic acids is 1. The van der Waals surface area contributed by atoms with Crippen LogP contribution in [0.3, 0.4) is 0 Å². The normalized spacial score (nSPS) is 14.9. The van der Waals surface area contributed by atoms with Crippen molar-refractivity contribution in [3.05, 3.63) is 0 Å². The van der Waals surface area contributed by atoms with Gasteiger partial charge in [-0.15, -0.1) is 0 Å². The Morgan fingerprint density at radius 1 is 0.903 bits per heavy atom. The first-order chi connectivity index (χ1) is 14.6. The first-order valence-corrected chi connectivity index (χ1v) is 13.6. The van der Waals surface area contributed by atoms with Crippen molar-refractivity contribution in [2.24, 2.45) is 0 Å². The summed E-state index contributed by atoms with van der Waals surface area (Å²) < 4.78 is 27.9. The lowest BCUT2D eigenvalue weighted by Crippen LogP contribution is -2.37. The van der Waals surface area contributed by atoms with Crippen LogP contribution in [0, 0.1) is 0 Å². The molecule has 0 aliphatic rings. The SMILES string of the molecule is CCCCCCCCCCCCCCC(COC(C)=O)OP(=O)([O-])OCC[N+](C)(C)C. The van der Waals surface area contributed by atoms with Crippen LogP contribution in [0.15, 0.2) is 0 Å². The minimum Gasteiger partial charge on any atom is -0.756 e. The molecule has 7 nitrogen and oxygen atoms in total. The molecule has 0 rings (SSSR count). The molecule has 0 N–H and O–H groups in total. The largest absolute Gasteiger partial charge is 0.756 e. The fourth-order valence-electron chi connectivity index (χ4n) is 3.23. The highest BCUT2D eigenvalue weighted by Gasteiger charge is 2.20. The van der Waals surface area contributed by atoms with E-state index in [1.165, 1.54) is 64.7 Å². The topological polar surface area (TPSA) is 84.9 Å². The summed E-state index contributed by atoms with van der Waals surface area (Å²) in [4.78, 5) is 23.2. The zero-order valence-corrected chi connectivity index (χ0v) is 21.6. The maximum atomic E-state index is 12.1. The fraction of sp³-hybridized carbons (Fsp3) is 0.957. The van der Waals surface area contributed by atoms with E-state index < -0.39 is 19.9 Å². The number of phosphoric acid groups is 1. The molecule has 0 saturated carbocycles. The molecule has 0 bridgehead atoms. The lowest BCUT2D eigenvalue weighted by molar-refractivity contribution is -0.870. The van der Waals surface area contributed by atoms with Crippen molar-refractivity contribution in [1.82, 2.24) is 0 Å². The van der Waals surface area contributed by atoms with E-state index in [4.69, 9.17) is 13.8 Å².